The maximum absolute atomic E-state index is 14.2. The molecule has 2 fully saturated rings. The van der Waals surface area contributed by atoms with Gasteiger partial charge in [-0.1, -0.05) is 26.0 Å². The number of benzene rings is 1. The van der Waals surface area contributed by atoms with Gasteiger partial charge in [0.2, 0.25) is 0 Å². The number of hydrogen-bond donors (Lipinski definition) is 0. The molecule has 0 atom stereocenters. The van der Waals surface area contributed by atoms with Crippen LogP contribution in [0, 0.1) is 18.7 Å². The SMILES string of the molecule is Cc1cccc(F)c1C(=O)N1CCC2(CC1)C(=O)N(C)C(=O)N2CC(C)C. The molecule has 6 nitrogen and oxygen atoms in total. The van der Waals surface area contributed by atoms with Crippen molar-refractivity contribution in [1.29, 1.82) is 0 Å². The molecule has 27 heavy (non-hydrogen) atoms. The Kier molecular flexibility index (Phi) is 4.97. The van der Waals surface area contributed by atoms with E-state index in [0.717, 1.165) is 0 Å². The first-order chi connectivity index (χ1) is 12.7. The molecule has 2 aliphatic heterocycles. The molecule has 1 spiro atoms. The summed E-state index contributed by atoms with van der Waals surface area (Å²) in [5.41, 5.74) is -0.219. The molecular formula is C20H26FN3O3. The number of carbonyl (C=O) groups is 3. The highest BCUT2D eigenvalue weighted by atomic mass is 19.1. The predicted molar refractivity (Wildman–Crippen MR) is 98.7 cm³/mol. The van der Waals surface area contributed by atoms with Crippen LogP contribution in [-0.2, 0) is 4.79 Å². The Morgan fingerprint density at radius 3 is 2.41 bits per heavy atom. The van der Waals surface area contributed by atoms with Gasteiger partial charge in [0.25, 0.3) is 11.8 Å². The molecule has 0 radical (unpaired) electrons. The van der Waals surface area contributed by atoms with E-state index in [9.17, 15) is 18.8 Å². The lowest BCUT2D eigenvalue weighted by atomic mass is 9.85. The fraction of sp³-hybridized carbons (Fsp3) is 0.550. The summed E-state index contributed by atoms with van der Waals surface area (Å²) in [6.45, 7) is 6.84. The molecule has 0 N–H and O–H groups in total. The summed E-state index contributed by atoms with van der Waals surface area (Å²) in [6.07, 6.45) is 0.738. The number of rotatable bonds is 3. The summed E-state index contributed by atoms with van der Waals surface area (Å²) in [4.78, 5) is 42.6. The third-order valence-corrected chi connectivity index (χ3v) is 5.60. The summed E-state index contributed by atoms with van der Waals surface area (Å²) in [7, 11) is 1.51. The van der Waals surface area contributed by atoms with Crippen molar-refractivity contribution in [2.24, 2.45) is 5.92 Å². The molecule has 0 bridgehead atoms. The summed E-state index contributed by atoms with van der Waals surface area (Å²) in [5.74, 6) is -0.872. The molecule has 4 amide bonds. The van der Waals surface area contributed by atoms with Crippen molar-refractivity contribution >= 4 is 17.8 Å². The number of likely N-dealkylation sites (N-methyl/N-ethyl adjacent to an activating group) is 1. The van der Waals surface area contributed by atoms with E-state index in [0.29, 0.717) is 38.0 Å². The summed E-state index contributed by atoms with van der Waals surface area (Å²) >= 11 is 0. The van der Waals surface area contributed by atoms with E-state index in [1.165, 1.54) is 18.0 Å². The van der Waals surface area contributed by atoms with Crippen LogP contribution in [0.5, 0.6) is 0 Å². The fourth-order valence-electron chi connectivity index (χ4n) is 4.12. The van der Waals surface area contributed by atoms with Crippen LogP contribution in [0.3, 0.4) is 0 Å². The van der Waals surface area contributed by atoms with Gasteiger partial charge < -0.3 is 9.80 Å². The van der Waals surface area contributed by atoms with Crippen molar-refractivity contribution < 1.29 is 18.8 Å². The Bertz CT molecular complexity index is 764. The van der Waals surface area contributed by atoms with Crippen molar-refractivity contribution in [2.75, 3.05) is 26.7 Å². The zero-order valence-electron chi connectivity index (χ0n) is 16.3. The lowest BCUT2D eigenvalue weighted by Crippen LogP contribution is -2.58. The lowest BCUT2D eigenvalue weighted by Gasteiger charge is -2.42. The van der Waals surface area contributed by atoms with E-state index in [-0.39, 0.29) is 29.3 Å². The highest BCUT2D eigenvalue weighted by Gasteiger charge is 2.57. The highest BCUT2D eigenvalue weighted by Crippen LogP contribution is 2.37. The number of piperidine rings is 1. The van der Waals surface area contributed by atoms with Gasteiger partial charge in [0.15, 0.2) is 0 Å². The van der Waals surface area contributed by atoms with E-state index in [1.807, 2.05) is 13.8 Å². The van der Waals surface area contributed by atoms with E-state index < -0.39 is 11.4 Å². The average Bonchev–Trinajstić information content (AvgIpc) is 2.78. The molecule has 2 heterocycles. The number of carbonyl (C=O) groups excluding carboxylic acids is 3. The normalized spacial score (nSPS) is 19.6. The number of hydrogen-bond acceptors (Lipinski definition) is 3. The molecule has 0 aromatic heterocycles. The first kappa shape index (κ1) is 19.3. The Morgan fingerprint density at radius 2 is 1.85 bits per heavy atom. The standard InChI is InChI=1S/C20H26FN3O3/c1-13(2)12-24-19(27)22(4)18(26)20(24)8-10-23(11-9-20)17(25)16-14(3)6-5-7-15(16)21/h5-7,13H,8-12H2,1-4H3. The van der Waals surface area contributed by atoms with Gasteiger partial charge in [0, 0.05) is 26.7 Å². The van der Waals surface area contributed by atoms with Crippen LogP contribution in [0.15, 0.2) is 18.2 Å². The Morgan fingerprint density at radius 1 is 1.22 bits per heavy atom. The molecule has 0 unspecified atom stereocenters. The van der Waals surface area contributed by atoms with Crippen LogP contribution >= 0.6 is 0 Å². The molecule has 7 heteroatoms. The van der Waals surface area contributed by atoms with Gasteiger partial charge in [-0.05, 0) is 37.3 Å². The third kappa shape index (κ3) is 3.09. The van der Waals surface area contributed by atoms with E-state index in [4.69, 9.17) is 0 Å². The zero-order valence-corrected chi connectivity index (χ0v) is 16.3. The second-order valence-corrected chi connectivity index (χ2v) is 7.91. The third-order valence-electron chi connectivity index (χ3n) is 5.60. The highest BCUT2D eigenvalue weighted by molar-refractivity contribution is 6.07. The quantitative estimate of drug-likeness (QED) is 0.763. The van der Waals surface area contributed by atoms with E-state index >= 15 is 0 Å². The van der Waals surface area contributed by atoms with Crippen LogP contribution in [0.4, 0.5) is 9.18 Å². The first-order valence-corrected chi connectivity index (χ1v) is 9.33. The number of halogens is 1. The number of likely N-dealkylation sites (tertiary alicyclic amines) is 1. The maximum atomic E-state index is 14.2. The van der Waals surface area contributed by atoms with Crippen LogP contribution in [-0.4, -0.2) is 64.8 Å². The van der Waals surface area contributed by atoms with Crippen LogP contribution in [0.2, 0.25) is 0 Å². The number of urea groups is 1. The minimum Gasteiger partial charge on any atom is -0.338 e. The van der Waals surface area contributed by atoms with Crippen molar-refractivity contribution in [2.45, 2.75) is 39.2 Å². The Labute approximate surface area is 158 Å². The van der Waals surface area contributed by atoms with Crippen LogP contribution < -0.4 is 0 Å². The summed E-state index contributed by atoms with van der Waals surface area (Å²) in [5, 5.41) is 0. The fourth-order valence-corrected chi connectivity index (χ4v) is 4.12. The maximum Gasteiger partial charge on any atom is 0.327 e. The van der Waals surface area contributed by atoms with Gasteiger partial charge in [0.1, 0.15) is 11.4 Å². The average molecular weight is 375 g/mol. The molecular weight excluding hydrogens is 349 g/mol. The molecule has 1 aromatic rings. The van der Waals surface area contributed by atoms with Crippen LogP contribution in [0.25, 0.3) is 0 Å². The van der Waals surface area contributed by atoms with Crippen molar-refractivity contribution in [1.82, 2.24) is 14.7 Å². The van der Waals surface area contributed by atoms with Crippen LogP contribution in [0.1, 0.15) is 42.6 Å². The number of aryl methyl sites for hydroxylation is 1. The minimum absolute atomic E-state index is 0.0819. The minimum atomic E-state index is -0.892. The topological polar surface area (TPSA) is 60.9 Å². The van der Waals surface area contributed by atoms with Gasteiger partial charge >= 0.3 is 6.03 Å². The number of amides is 4. The van der Waals surface area contributed by atoms with Gasteiger partial charge in [-0.15, -0.1) is 0 Å². The predicted octanol–water partition coefficient (Wildman–Crippen LogP) is 2.66. The van der Waals surface area contributed by atoms with Crippen molar-refractivity contribution in [3.63, 3.8) is 0 Å². The Balaban J connectivity index is 1.82. The second-order valence-electron chi connectivity index (χ2n) is 7.91. The van der Waals surface area contributed by atoms with Gasteiger partial charge in [-0.2, -0.15) is 0 Å². The second kappa shape index (κ2) is 6.94. The van der Waals surface area contributed by atoms with Crippen molar-refractivity contribution in [3.05, 3.63) is 35.1 Å². The lowest BCUT2D eigenvalue weighted by molar-refractivity contribution is -0.134. The van der Waals surface area contributed by atoms with E-state index in [1.54, 1.807) is 28.9 Å². The smallest absolute Gasteiger partial charge is 0.327 e. The Hall–Kier alpha value is -2.44. The van der Waals surface area contributed by atoms with E-state index in [2.05, 4.69) is 0 Å². The number of imide groups is 1. The molecule has 3 rings (SSSR count). The van der Waals surface area contributed by atoms with Gasteiger partial charge in [0.05, 0.1) is 5.56 Å². The van der Waals surface area contributed by atoms with Crippen molar-refractivity contribution in [3.8, 4) is 0 Å². The summed E-state index contributed by atoms with van der Waals surface area (Å²) < 4.78 is 14.2. The molecule has 2 saturated heterocycles. The molecule has 146 valence electrons. The molecule has 0 saturated carbocycles. The van der Waals surface area contributed by atoms with Gasteiger partial charge in [-0.3, -0.25) is 14.5 Å². The summed E-state index contributed by atoms with van der Waals surface area (Å²) in [6, 6.07) is 4.29. The molecule has 1 aromatic carbocycles. The largest absolute Gasteiger partial charge is 0.338 e. The first-order valence-electron chi connectivity index (χ1n) is 9.33. The number of nitrogens with zero attached hydrogens (tertiary/aromatic N) is 3. The zero-order chi connectivity index (χ0) is 19.9. The molecule has 0 aliphatic carbocycles. The monoisotopic (exact) mass is 375 g/mol. The molecule has 2 aliphatic rings. The van der Waals surface area contributed by atoms with Gasteiger partial charge in [-0.25, -0.2) is 9.18 Å².